The van der Waals surface area contributed by atoms with Crippen LogP contribution in [0.1, 0.15) is 29.4 Å². The third-order valence-electron chi connectivity index (χ3n) is 5.43. The van der Waals surface area contributed by atoms with Crippen molar-refractivity contribution in [1.82, 2.24) is 9.55 Å². The Bertz CT molecular complexity index is 1320. The summed E-state index contributed by atoms with van der Waals surface area (Å²) >= 11 is 0. The van der Waals surface area contributed by atoms with Crippen molar-refractivity contribution in [2.75, 3.05) is 4.72 Å². The van der Waals surface area contributed by atoms with E-state index in [1.807, 2.05) is 62.4 Å². The summed E-state index contributed by atoms with van der Waals surface area (Å²) in [4.78, 5) is 5.08. The summed E-state index contributed by atoms with van der Waals surface area (Å²) in [6.07, 6.45) is 1.42. The third-order valence-corrected chi connectivity index (χ3v) is 6.78. The van der Waals surface area contributed by atoms with Gasteiger partial charge in [0, 0.05) is 13.0 Å². The molecule has 0 saturated heterocycles. The first-order chi connectivity index (χ1) is 14.9. The second-order valence-corrected chi connectivity index (χ2v) is 9.53. The highest BCUT2D eigenvalue weighted by Crippen LogP contribution is 2.24. The predicted octanol–water partition coefficient (Wildman–Crippen LogP) is 5.26. The van der Waals surface area contributed by atoms with Crippen LogP contribution in [0.4, 0.5) is 5.69 Å². The highest BCUT2D eigenvalue weighted by Gasteiger charge is 2.17. The van der Waals surface area contributed by atoms with Gasteiger partial charge < -0.3 is 4.57 Å². The first-order valence-corrected chi connectivity index (χ1v) is 12.0. The smallest absolute Gasteiger partial charge is 0.261 e. The normalized spacial score (nSPS) is 11.7. The van der Waals surface area contributed by atoms with E-state index in [0.29, 0.717) is 12.1 Å². The Kier molecular flexibility index (Phi) is 5.83. The molecule has 4 aromatic rings. The van der Waals surface area contributed by atoms with Crippen molar-refractivity contribution in [3.8, 4) is 0 Å². The number of para-hydroxylation sites is 3. The van der Waals surface area contributed by atoms with E-state index in [-0.39, 0.29) is 4.90 Å². The molecule has 0 spiro atoms. The van der Waals surface area contributed by atoms with Crippen LogP contribution >= 0.6 is 0 Å². The Morgan fingerprint density at radius 2 is 1.58 bits per heavy atom. The number of sulfonamides is 1. The number of nitrogens with one attached hydrogen (secondary N) is 1. The molecule has 0 aliphatic heterocycles. The summed E-state index contributed by atoms with van der Waals surface area (Å²) < 4.78 is 31.1. The molecule has 0 amide bonds. The van der Waals surface area contributed by atoms with Crippen molar-refractivity contribution in [2.45, 2.75) is 45.1 Å². The molecule has 4 rings (SSSR count). The molecule has 0 saturated carbocycles. The number of anilines is 1. The van der Waals surface area contributed by atoms with Crippen LogP contribution in [0.25, 0.3) is 11.0 Å². The van der Waals surface area contributed by atoms with Gasteiger partial charge in [0.25, 0.3) is 10.0 Å². The van der Waals surface area contributed by atoms with E-state index in [0.717, 1.165) is 46.5 Å². The summed E-state index contributed by atoms with van der Waals surface area (Å²) in [6, 6.07) is 21.1. The van der Waals surface area contributed by atoms with Crippen LogP contribution in [-0.4, -0.2) is 18.0 Å². The van der Waals surface area contributed by atoms with Gasteiger partial charge in [0.2, 0.25) is 0 Å². The number of benzene rings is 3. The second-order valence-electron chi connectivity index (χ2n) is 7.85. The largest absolute Gasteiger partial charge is 0.328 e. The van der Waals surface area contributed by atoms with E-state index in [1.165, 1.54) is 0 Å². The summed E-state index contributed by atoms with van der Waals surface area (Å²) in [6.45, 7) is 6.76. The molecule has 5 nitrogen and oxygen atoms in total. The van der Waals surface area contributed by atoms with Crippen LogP contribution in [-0.2, 0) is 29.4 Å². The van der Waals surface area contributed by atoms with Gasteiger partial charge in [-0.25, -0.2) is 13.4 Å². The molecule has 0 fully saturated rings. The number of aromatic nitrogens is 2. The van der Waals surface area contributed by atoms with E-state index >= 15 is 0 Å². The minimum atomic E-state index is -3.67. The summed E-state index contributed by atoms with van der Waals surface area (Å²) in [5.74, 6) is 1.01. The molecule has 1 heterocycles. The first-order valence-electron chi connectivity index (χ1n) is 10.5. The molecule has 0 unspecified atom stereocenters. The second kappa shape index (κ2) is 8.55. The molecule has 0 radical (unpaired) electrons. The zero-order valence-electron chi connectivity index (χ0n) is 18.1. The predicted molar refractivity (Wildman–Crippen MR) is 126 cm³/mol. The van der Waals surface area contributed by atoms with Crippen molar-refractivity contribution in [3.05, 3.63) is 89.2 Å². The van der Waals surface area contributed by atoms with Gasteiger partial charge in [-0.2, -0.15) is 0 Å². The molecule has 6 heteroatoms. The third kappa shape index (κ3) is 4.49. The minimum absolute atomic E-state index is 0.285. The Hall–Kier alpha value is -3.12. The van der Waals surface area contributed by atoms with Crippen LogP contribution in [0, 0.1) is 13.8 Å². The molecule has 1 N–H and O–H groups in total. The molecule has 1 aromatic heterocycles. The van der Waals surface area contributed by atoms with E-state index < -0.39 is 10.0 Å². The van der Waals surface area contributed by atoms with Gasteiger partial charge in [0.05, 0.1) is 21.6 Å². The molecule has 3 aromatic carbocycles. The highest BCUT2D eigenvalue weighted by atomic mass is 32.2. The number of nitrogens with zero attached hydrogens (tertiary/aromatic N) is 2. The fraction of sp³-hybridized carbons (Fsp3) is 0.240. The zero-order valence-corrected chi connectivity index (χ0v) is 18.9. The van der Waals surface area contributed by atoms with E-state index in [4.69, 9.17) is 4.98 Å². The fourth-order valence-corrected chi connectivity index (χ4v) is 5.33. The van der Waals surface area contributed by atoms with Gasteiger partial charge >= 0.3 is 0 Å². The van der Waals surface area contributed by atoms with Crippen molar-refractivity contribution >= 4 is 26.7 Å². The number of aryl methyl sites for hydroxylation is 5. The Morgan fingerprint density at radius 3 is 2.32 bits per heavy atom. The SMILES string of the molecule is CCn1c(CCc2ccccc2NS(=O)(=O)c2cc(C)cc(C)c2)nc2ccccc21. The molecule has 31 heavy (non-hydrogen) atoms. The van der Waals surface area contributed by atoms with Crippen LogP contribution in [0.15, 0.2) is 71.6 Å². The van der Waals surface area contributed by atoms with E-state index in [2.05, 4.69) is 22.3 Å². The fourth-order valence-electron chi connectivity index (χ4n) is 4.05. The Morgan fingerprint density at radius 1 is 0.903 bits per heavy atom. The Balaban J connectivity index is 1.60. The number of imidazole rings is 1. The molecule has 0 atom stereocenters. The molecule has 160 valence electrons. The van der Waals surface area contributed by atoms with E-state index in [1.54, 1.807) is 12.1 Å². The molecule has 0 bridgehead atoms. The maximum absolute atomic E-state index is 13.0. The molecular weight excluding hydrogens is 406 g/mol. The molecular formula is C25H27N3O2S. The number of hydrogen-bond donors (Lipinski definition) is 1. The van der Waals surface area contributed by atoms with Crippen molar-refractivity contribution in [1.29, 1.82) is 0 Å². The van der Waals surface area contributed by atoms with Crippen molar-refractivity contribution in [3.63, 3.8) is 0 Å². The molecule has 0 aliphatic carbocycles. The number of rotatable bonds is 7. The summed E-state index contributed by atoms with van der Waals surface area (Å²) in [5, 5.41) is 0. The van der Waals surface area contributed by atoms with Crippen LogP contribution in [0.5, 0.6) is 0 Å². The van der Waals surface area contributed by atoms with Gasteiger partial charge in [0.15, 0.2) is 0 Å². The van der Waals surface area contributed by atoms with Crippen molar-refractivity contribution in [2.24, 2.45) is 0 Å². The quantitative estimate of drug-likeness (QED) is 0.432. The van der Waals surface area contributed by atoms with Gasteiger partial charge in [-0.15, -0.1) is 0 Å². The van der Waals surface area contributed by atoms with Crippen LogP contribution < -0.4 is 4.72 Å². The van der Waals surface area contributed by atoms with Gasteiger partial charge in [0.1, 0.15) is 5.82 Å². The maximum atomic E-state index is 13.0. The molecule has 0 aliphatic rings. The first kappa shape index (κ1) is 21.1. The lowest BCUT2D eigenvalue weighted by atomic mass is 10.1. The van der Waals surface area contributed by atoms with E-state index in [9.17, 15) is 8.42 Å². The number of fused-ring (bicyclic) bond motifs is 1. The Labute approximate surface area is 183 Å². The minimum Gasteiger partial charge on any atom is -0.328 e. The maximum Gasteiger partial charge on any atom is 0.261 e. The summed E-state index contributed by atoms with van der Waals surface area (Å²) in [5.41, 5.74) is 5.53. The lowest BCUT2D eigenvalue weighted by Gasteiger charge is -2.14. The standard InChI is InChI=1S/C25H27N3O2S/c1-4-28-24-12-8-7-11-23(24)26-25(28)14-13-20-9-5-6-10-22(20)27-31(29,30)21-16-18(2)15-19(3)17-21/h5-12,15-17,27H,4,13-14H2,1-3H3. The monoisotopic (exact) mass is 433 g/mol. The lowest BCUT2D eigenvalue weighted by molar-refractivity contribution is 0.601. The van der Waals surface area contributed by atoms with Crippen molar-refractivity contribution < 1.29 is 8.42 Å². The highest BCUT2D eigenvalue weighted by molar-refractivity contribution is 7.92. The zero-order chi connectivity index (χ0) is 22.0. The average molecular weight is 434 g/mol. The van der Waals surface area contributed by atoms with Gasteiger partial charge in [-0.3, -0.25) is 4.72 Å². The number of hydrogen-bond acceptors (Lipinski definition) is 3. The van der Waals surface area contributed by atoms with Gasteiger partial charge in [-0.05, 0) is 74.2 Å². The van der Waals surface area contributed by atoms with Crippen LogP contribution in [0.3, 0.4) is 0 Å². The van der Waals surface area contributed by atoms with Crippen LogP contribution in [0.2, 0.25) is 0 Å². The summed E-state index contributed by atoms with van der Waals surface area (Å²) in [7, 11) is -3.67. The topological polar surface area (TPSA) is 64.0 Å². The average Bonchev–Trinajstić information content (AvgIpc) is 3.09. The van der Waals surface area contributed by atoms with Gasteiger partial charge in [-0.1, -0.05) is 36.4 Å². The lowest BCUT2D eigenvalue weighted by Crippen LogP contribution is -2.15.